The van der Waals surface area contributed by atoms with Gasteiger partial charge in [-0.15, -0.1) is 0 Å². The van der Waals surface area contributed by atoms with Gasteiger partial charge in [0.1, 0.15) is 0 Å². The van der Waals surface area contributed by atoms with Crippen LogP contribution in [-0.2, 0) is 0 Å². The van der Waals surface area contributed by atoms with E-state index >= 15 is 0 Å². The molecule has 0 amide bonds. The molecule has 1 atom stereocenters. The zero-order valence-corrected chi connectivity index (χ0v) is 10.0. The van der Waals surface area contributed by atoms with Crippen molar-refractivity contribution in [2.24, 2.45) is 0 Å². The van der Waals surface area contributed by atoms with Gasteiger partial charge >= 0.3 is 0 Å². The van der Waals surface area contributed by atoms with Gasteiger partial charge in [-0.05, 0) is 30.7 Å². The van der Waals surface area contributed by atoms with E-state index in [0.29, 0.717) is 5.25 Å². The summed E-state index contributed by atoms with van der Waals surface area (Å²) < 4.78 is 7.36. The van der Waals surface area contributed by atoms with Gasteiger partial charge in [-0.3, -0.25) is 0 Å². The van der Waals surface area contributed by atoms with E-state index in [9.17, 15) is 0 Å². The molecule has 1 aliphatic heterocycles. The van der Waals surface area contributed by atoms with Gasteiger partial charge in [0.2, 0.25) is 0 Å². The SMILES string of the molecule is COc1cccn2cc(C3CCCS3)nc12. The molecule has 0 aliphatic carbocycles. The number of hydrogen-bond acceptors (Lipinski definition) is 3. The first-order valence-corrected chi connectivity index (χ1v) is 6.56. The summed E-state index contributed by atoms with van der Waals surface area (Å²) in [4.78, 5) is 4.68. The molecule has 2 aromatic heterocycles. The molecule has 1 aliphatic rings. The predicted octanol–water partition coefficient (Wildman–Crippen LogP) is 2.91. The second-order valence-corrected chi connectivity index (χ2v) is 5.29. The fourth-order valence-corrected chi connectivity index (χ4v) is 3.37. The average molecular weight is 234 g/mol. The van der Waals surface area contributed by atoms with E-state index in [4.69, 9.17) is 4.74 Å². The van der Waals surface area contributed by atoms with Crippen molar-refractivity contribution >= 4 is 17.4 Å². The van der Waals surface area contributed by atoms with Gasteiger partial charge in [0.25, 0.3) is 0 Å². The lowest BCUT2D eigenvalue weighted by molar-refractivity contribution is 0.417. The van der Waals surface area contributed by atoms with Crippen molar-refractivity contribution in [1.82, 2.24) is 9.38 Å². The highest BCUT2D eigenvalue weighted by Gasteiger charge is 2.21. The Labute approximate surface area is 98.8 Å². The van der Waals surface area contributed by atoms with E-state index in [2.05, 4.69) is 11.2 Å². The van der Waals surface area contributed by atoms with Crippen molar-refractivity contribution in [1.29, 1.82) is 0 Å². The van der Waals surface area contributed by atoms with Crippen LogP contribution in [0.5, 0.6) is 5.75 Å². The highest BCUT2D eigenvalue weighted by atomic mass is 32.2. The second-order valence-electron chi connectivity index (χ2n) is 3.97. The lowest BCUT2D eigenvalue weighted by Gasteiger charge is -2.01. The molecule has 0 saturated carbocycles. The third-order valence-electron chi connectivity index (χ3n) is 2.95. The van der Waals surface area contributed by atoms with Crippen LogP contribution in [0.1, 0.15) is 23.8 Å². The standard InChI is InChI=1S/C12H14N2OS/c1-15-10-4-2-6-14-8-9(13-12(10)14)11-5-3-7-16-11/h2,4,6,8,11H,3,5,7H2,1H3. The average Bonchev–Trinajstić information content (AvgIpc) is 2.96. The van der Waals surface area contributed by atoms with Crippen LogP contribution in [-0.4, -0.2) is 22.2 Å². The molecule has 0 radical (unpaired) electrons. The molecule has 3 heterocycles. The minimum absolute atomic E-state index is 0.574. The quantitative estimate of drug-likeness (QED) is 0.799. The van der Waals surface area contributed by atoms with Crippen molar-refractivity contribution in [3.63, 3.8) is 0 Å². The predicted molar refractivity (Wildman–Crippen MR) is 66.2 cm³/mol. The minimum Gasteiger partial charge on any atom is -0.493 e. The van der Waals surface area contributed by atoms with Crippen LogP contribution in [0.2, 0.25) is 0 Å². The molecule has 0 bridgehead atoms. The lowest BCUT2D eigenvalue weighted by Crippen LogP contribution is -1.89. The van der Waals surface area contributed by atoms with E-state index in [-0.39, 0.29) is 0 Å². The Morgan fingerprint density at radius 1 is 1.56 bits per heavy atom. The number of thioether (sulfide) groups is 1. The molecule has 0 spiro atoms. The first kappa shape index (κ1) is 10.0. The maximum absolute atomic E-state index is 5.31. The Hall–Kier alpha value is -1.16. The Balaban J connectivity index is 2.07. The summed E-state index contributed by atoms with van der Waals surface area (Å²) in [5, 5.41) is 0.574. The van der Waals surface area contributed by atoms with Gasteiger partial charge in [-0.2, -0.15) is 11.8 Å². The van der Waals surface area contributed by atoms with Gasteiger partial charge in [0.15, 0.2) is 11.4 Å². The zero-order valence-electron chi connectivity index (χ0n) is 9.22. The highest BCUT2D eigenvalue weighted by Crippen LogP contribution is 2.39. The first-order chi connectivity index (χ1) is 7.88. The number of imidazole rings is 1. The third-order valence-corrected chi connectivity index (χ3v) is 4.35. The van der Waals surface area contributed by atoms with Gasteiger partial charge in [-0.1, -0.05) is 0 Å². The molecule has 0 N–H and O–H groups in total. The topological polar surface area (TPSA) is 26.5 Å². The van der Waals surface area contributed by atoms with E-state index in [1.54, 1.807) is 7.11 Å². The zero-order chi connectivity index (χ0) is 11.0. The van der Waals surface area contributed by atoms with Crippen LogP contribution < -0.4 is 4.74 Å². The van der Waals surface area contributed by atoms with Crippen molar-refractivity contribution in [2.75, 3.05) is 12.9 Å². The number of hydrogen-bond donors (Lipinski definition) is 0. The number of ether oxygens (including phenoxy) is 1. The fraction of sp³-hybridized carbons (Fsp3) is 0.417. The smallest absolute Gasteiger partial charge is 0.179 e. The van der Waals surface area contributed by atoms with E-state index in [1.165, 1.54) is 24.3 Å². The summed E-state index contributed by atoms with van der Waals surface area (Å²) in [6.07, 6.45) is 6.70. The maximum Gasteiger partial charge on any atom is 0.179 e. The van der Waals surface area contributed by atoms with Crippen LogP contribution >= 0.6 is 11.8 Å². The summed E-state index contributed by atoms with van der Waals surface area (Å²) in [5.74, 6) is 2.10. The molecule has 1 saturated heterocycles. The van der Waals surface area contributed by atoms with E-state index in [0.717, 1.165) is 11.4 Å². The summed E-state index contributed by atoms with van der Waals surface area (Å²) in [6.45, 7) is 0. The molecule has 2 aromatic rings. The number of aromatic nitrogens is 2. The molecule has 16 heavy (non-hydrogen) atoms. The molecule has 1 unspecified atom stereocenters. The molecule has 3 nitrogen and oxygen atoms in total. The summed E-state index contributed by atoms with van der Waals surface area (Å²) in [6, 6.07) is 3.94. The molecule has 0 aromatic carbocycles. The largest absolute Gasteiger partial charge is 0.493 e. The monoisotopic (exact) mass is 234 g/mol. The second kappa shape index (κ2) is 4.01. The van der Waals surface area contributed by atoms with Crippen LogP contribution in [0.3, 0.4) is 0 Å². The maximum atomic E-state index is 5.31. The Morgan fingerprint density at radius 2 is 2.50 bits per heavy atom. The number of pyridine rings is 1. The summed E-state index contributed by atoms with van der Waals surface area (Å²) in [5.41, 5.74) is 2.11. The number of rotatable bonds is 2. The van der Waals surface area contributed by atoms with Crippen molar-refractivity contribution in [3.05, 3.63) is 30.2 Å². The van der Waals surface area contributed by atoms with Crippen molar-refractivity contribution < 1.29 is 4.74 Å². The van der Waals surface area contributed by atoms with Crippen LogP contribution in [0.25, 0.3) is 5.65 Å². The van der Waals surface area contributed by atoms with Gasteiger partial charge in [0.05, 0.1) is 12.8 Å². The van der Waals surface area contributed by atoms with Crippen molar-refractivity contribution in [3.8, 4) is 5.75 Å². The molecule has 4 heteroatoms. The lowest BCUT2D eigenvalue weighted by atomic mass is 10.2. The molecular weight excluding hydrogens is 220 g/mol. The van der Waals surface area contributed by atoms with E-state index in [1.807, 2.05) is 34.5 Å². The Bertz CT molecular complexity index is 503. The Morgan fingerprint density at radius 3 is 3.25 bits per heavy atom. The minimum atomic E-state index is 0.574. The summed E-state index contributed by atoms with van der Waals surface area (Å²) in [7, 11) is 1.69. The molecule has 3 rings (SSSR count). The van der Waals surface area contributed by atoms with Crippen LogP contribution in [0, 0.1) is 0 Å². The molecular formula is C12H14N2OS. The van der Waals surface area contributed by atoms with Gasteiger partial charge < -0.3 is 9.14 Å². The number of nitrogens with zero attached hydrogens (tertiary/aromatic N) is 2. The molecule has 1 fully saturated rings. The van der Waals surface area contributed by atoms with Crippen LogP contribution in [0.4, 0.5) is 0 Å². The van der Waals surface area contributed by atoms with E-state index < -0.39 is 0 Å². The van der Waals surface area contributed by atoms with Gasteiger partial charge in [0, 0.05) is 17.6 Å². The van der Waals surface area contributed by atoms with Crippen molar-refractivity contribution in [2.45, 2.75) is 18.1 Å². The number of fused-ring (bicyclic) bond motifs is 1. The normalized spacial score (nSPS) is 20.4. The first-order valence-electron chi connectivity index (χ1n) is 5.51. The van der Waals surface area contributed by atoms with Gasteiger partial charge in [-0.25, -0.2) is 4.98 Å². The number of methoxy groups -OCH3 is 1. The highest BCUT2D eigenvalue weighted by molar-refractivity contribution is 7.99. The Kier molecular flexibility index (Phi) is 2.52. The summed E-state index contributed by atoms with van der Waals surface area (Å²) >= 11 is 2.01. The third kappa shape index (κ3) is 1.57. The fourth-order valence-electron chi connectivity index (χ4n) is 2.13. The molecule has 84 valence electrons. The van der Waals surface area contributed by atoms with Crippen LogP contribution in [0.15, 0.2) is 24.5 Å².